The molecule has 0 spiro atoms. The molecule has 4 N–H and O–H groups in total. The predicted molar refractivity (Wildman–Crippen MR) is 134 cm³/mol. The minimum Gasteiger partial charge on any atom is -0.481 e. The van der Waals surface area contributed by atoms with Gasteiger partial charge in [0.2, 0.25) is 0 Å². The van der Waals surface area contributed by atoms with Crippen molar-refractivity contribution in [1.29, 1.82) is 0 Å². The van der Waals surface area contributed by atoms with Gasteiger partial charge in [-0.05, 0) is 0 Å². The molecule has 0 aliphatic carbocycles. The van der Waals surface area contributed by atoms with Crippen LogP contribution in [0.15, 0.2) is 50.6 Å². The molecule has 0 unspecified atom stereocenters. The third-order valence-electron chi connectivity index (χ3n) is 2.91. The van der Waals surface area contributed by atoms with Gasteiger partial charge < -0.3 is 39.4 Å². The first kappa shape index (κ1) is 46.5. The summed E-state index contributed by atoms with van der Waals surface area (Å²) in [7, 11) is 0. The zero-order valence-electron chi connectivity index (χ0n) is 22.0. The first-order chi connectivity index (χ1) is 18.7. The molecule has 0 aliphatic rings. The summed E-state index contributed by atoms with van der Waals surface area (Å²) in [5.74, 6) is -6.34. The van der Waals surface area contributed by atoms with E-state index in [-0.39, 0.29) is 78.3 Å². The number of hydrogen-bond donors (Lipinski definition) is 4. The largest absolute Gasteiger partial charge is 0.481 e. The molecule has 0 fully saturated rings. The van der Waals surface area contributed by atoms with Crippen molar-refractivity contribution < 1.29 is 104 Å². The summed E-state index contributed by atoms with van der Waals surface area (Å²) in [6.07, 6.45) is 3.28. The normalized spacial score (nSPS) is 8.20. The Balaban J connectivity index is -0.000000139. The van der Waals surface area contributed by atoms with Crippen molar-refractivity contribution in [2.24, 2.45) is 0 Å². The van der Waals surface area contributed by atoms with E-state index in [0.29, 0.717) is 0 Å². The van der Waals surface area contributed by atoms with E-state index in [1.165, 1.54) is 0 Å². The number of carboxylic acids is 4. The molecular formula is C24H32O16Zr. The van der Waals surface area contributed by atoms with Gasteiger partial charge >= 0.3 is 47.8 Å². The van der Waals surface area contributed by atoms with Gasteiger partial charge in [0, 0.05) is 50.5 Å². The van der Waals surface area contributed by atoms with Crippen molar-refractivity contribution in [1.82, 2.24) is 0 Å². The Morgan fingerprint density at radius 2 is 0.561 bits per heavy atom. The summed E-state index contributed by atoms with van der Waals surface area (Å²) in [4.78, 5) is 80.4. The van der Waals surface area contributed by atoms with Crippen LogP contribution in [0.5, 0.6) is 0 Å². The molecule has 0 rings (SSSR count). The van der Waals surface area contributed by atoms with E-state index in [2.05, 4.69) is 45.3 Å². The first-order valence-corrected chi connectivity index (χ1v) is 10.7. The van der Waals surface area contributed by atoms with E-state index in [4.69, 9.17) is 20.4 Å². The van der Waals surface area contributed by atoms with E-state index < -0.39 is 47.8 Å². The van der Waals surface area contributed by atoms with Crippen molar-refractivity contribution in [3.63, 3.8) is 0 Å². The monoisotopic (exact) mass is 666 g/mol. The molecule has 0 amide bonds. The minimum absolute atomic E-state index is 0. The fourth-order valence-electron chi connectivity index (χ4n) is 1.19. The van der Waals surface area contributed by atoms with Crippen molar-refractivity contribution >= 4 is 47.8 Å². The molecular weight excluding hydrogens is 635 g/mol. The molecule has 0 aliphatic heterocycles. The topological polar surface area (TPSA) is 254 Å². The number of aliphatic carboxylic acids is 4. The number of carbonyl (C=O) groups excluding carboxylic acids is 4. The fourth-order valence-corrected chi connectivity index (χ4v) is 1.19. The van der Waals surface area contributed by atoms with Crippen LogP contribution in [0.3, 0.4) is 0 Å². The molecule has 16 nitrogen and oxygen atoms in total. The second-order valence-corrected chi connectivity index (χ2v) is 6.06. The van der Waals surface area contributed by atoms with Crippen LogP contribution >= 0.6 is 0 Å². The fraction of sp³-hybridized carbons (Fsp3) is 0.333. The third-order valence-corrected chi connectivity index (χ3v) is 2.91. The molecule has 0 radical (unpaired) electrons. The van der Waals surface area contributed by atoms with Crippen LogP contribution in [0.2, 0.25) is 0 Å². The van der Waals surface area contributed by atoms with Gasteiger partial charge in [-0.25, -0.2) is 19.2 Å². The molecule has 228 valence electrons. The standard InChI is InChI=1S/4C6H8O4.Zr/c4*1-2-6(9)10-4-3-5(7)8;/h4*2H,1,3-4H2,(H,7,8);. The maximum atomic E-state index is 10.3. The van der Waals surface area contributed by atoms with Crippen LogP contribution in [-0.2, 0) is 83.5 Å². The summed E-state index contributed by atoms with van der Waals surface area (Å²) in [6, 6.07) is 0. The van der Waals surface area contributed by atoms with Crippen molar-refractivity contribution in [2.75, 3.05) is 26.4 Å². The average molecular weight is 668 g/mol. The van der Waals surface area contributed by atoms with Crippen molar-refractivity contribution in [3.05, 3.63) is 50.6 Å². The summed E-state index contributed by atoms with van der Waals surface area (Å²) in [6.45, 7) is 12.2. The Morgan fingerprint density at radius 1 is 0.415 bits per heavy atom. The molecule has 0 aromatic carbocycles. The molecule has 17 heteroatoms. The molecule has 41 heavy (non-hydrogen) atoms. The average Bonchev–Trinajstić information content (AvgIpc) is 2.88. The van der Waals surface area contributed by atoms with Gasteiger partial charge in [0.1, 0.15) is 26.4 Å². The zero-order valence-corrected chi connectivity index (χ0v) is 24.4. The van der Waals surface area contributed by atoms with Gasteiger partial charge in [-0.2, -0.15) is 0 Å². The SMILES string of the molecule is C=CC(=O)OCCC(=O)O.C=CC(=O)OCCC(=O)O.C=CC(=O)OCCC(=O)O.C=CC(=O)OCCC(=O)O.[Zr]. The second kappa shape index (κ2) is 33.6. The van der Waals surface area contributed by atoms with Gasteiger partial charge in [0.25, 0.3) is 0 Å². The van der Waals surface area contributed by atoms with Crippen LogP contribution in [-0.4, -0.2) is 94.6 Å². The maximum absolute atomic E-state index is 10.3. The number of hydrogen-bond acceptors (Lipinski definition) is 12. The summed E-state index contributed by atoms with van der Waals surface area (Å²) in [5, 5.41) is 32.3. The number of carboxylic acid groups (broad SMARTS) is 4. The third kappa shape index (κ3) is 52.8. The molecule has 0 heterocycles. The number of ether oxygens (including phenoxy) is 4. The van der Waals surface area contributed by atoms with E-state index >= 15 is 0 Å². The van der Waals surface area contributed by atoms with Crippen LogP contribution in [0.1, 0.15) is 25.7 Å². The maximum Gasteiger partial charge on any atom is 0.330 e. The predicted octanol–water partition coefficient (Wildman–Crippen LogP) is 0.759. The molecule has 0 atom stereocenters. The smallest absolute Gasteiger partial charge is 0.330 e. The van der Waals surface area contributed by atoms with Crippen molar-refractivity contribution in [2.45, 2.75) is 25.7 Å². The molecule has 0 saturated carbocycles. The van der Waals surface area contributed by atoms with E-state index in [0.717, 1.165) is 24.3 Å². The van der Waals surface area contributed by atoms with Gasteiger partial charge in [0.05, 0.1) is 25.7 Å². The molecule has 0 saturated heterocycles. The van der Waals surface area contributed by atoms with Crippen LogP contribution in [0, 0.1) is 0 Å². The van der Waals surface area contributed by atoms with E-state index in [1.54, 1.807) is 0 Å². The zero-order chi connectivity index (χ0) is 31.9. The summed E-state index contributed by atoms with van der Waals surface area (Å²) < 4.78 is 17.5. The van der Waals surface area contributed by atoms with Gasteiger partial charge in [-0.1, -0.05) is 26.3 Å². The Labute approximate surface area is 254 Å². The second-order valence-electron chi connectivity index (χ2n) is 6.06. The Hall–Kier alpha value is -4.40. The Bertz CT molecular complexity index is 750. The van der Waals surface area contributed by atoms with Crippen molar-refractivity contribution in [3.8, 4) is 0 Å². The quantitative estimate of drug-likeness (QED) is 0.101. The molecule has 0 bridgehead atoms. The summed E-state index contributed by atoms with van der Waals surface area (Å²) >= 11 is 0. The minimum atomic E-state index is -0.989. The van der Waals surface area contributed by atoms with Gasteiger partial charge in [0.15, 0.2) is 0 Å². The van der Waals surface area contributed by atoms with Gasteiger partial charge in [-0.3, -0.25) is 19.2 Å². The van der Waals surface area contributed by atoms with E-state index in [9.17, 15) is 38.4 Å². The first-order valence-electron chi connectivity index (χ1n) is 10.7. The molecule has 0 aromatic heterocycles. The molecule has 0 aromatic rings. The van der Waals surface area contributed by atoms with E-state index in [1.807, 2.05) is 0 Å². The number of carbonyl (C=O) groups is 8. The summed E-state index contributed by atoms with van der Waals surface area (Å²) in [5.41, 5.74) is 0. The van der Waals surface area contributed by atoms with Crippen LogP contribution in [0.4, 0.5) is 0 Å². The Kier molecular flexibility index (Phi) is 38.1. The number of rotatable bonds is 16. The Morgan fingerprint density at radius 3 is 0.659 bits per heavy atom. The van der Waals surface area contributed by atoms with Crippen LogP contribution in [0.25, 0.3) is 0 Å². The van der Waals surface area contributed by atoms with Gasteiger partial charge in [-0.15, -0.1) is 0 Å². The van der Waals surface area contributed by atoms with Crippen LogP contribution < -0.4 is 0 Å². The number of esters is 4.